The molecule has 2 atom stereocenters. The number of carboxylic acid groups (broad SMARTS) is 1. The number of carboxylic acids is 1. The minimum atomic E-state index is -0.988. The fraction of sp³-hybridized carbons (Fsp3) is 0.591. The smallest absolute Gasteiger partial charge is 0.410 e. The van der Waals surface area contributed by atoms with Gasteiger partial charge in [-0.1, -0.05) is 49.9 Å². The van der Waals surface area contributed by atoms with Gasteiger partial charge in [-0.3, -0.25) is 9.59 Å². The van der Waals surface area contributed by atoms with Crippen LogP contribution in [-0.2, 0) is 19.1 Å². The number of amides is 1. The first-order valence-corrected chi connectivity index (χ1v) is 10.9. The first-order chi connectivity index (χ1) is 14.4. The van der Waals surface area contributed by atoms with Crippen molar-refractivity contribution < 1.29 is 29.0 Å². The van der Waals surface area contributed by atoms with Gasteiger partial charge in [-0.2, -0.15) is 0 Å². The van der Waals surface area contributed by atoms with Crippen LogP contribution in [0.2, 0.25) is 5.02 Å². The molecule has 0 bridgehead atoms. The SMILES string of the molecule is CCCC(OC(=O)NCCC(C(=O)O)c1ccc(Cl)cc1)OC(=O)C1CCCCC1. The molecule has 2 rings (SSSR count). The molecule has 30 heavy (non-hydrogen) atoms. The molecule has 0 saturated heterocycles. The summed E-state index contributed by atoms with van der Waals surface area (Å²) >= 11 is 5.84. The van der Waals surface area contributed by atoms with Crippen molar-refractivity contribution in [2.45, 2.75) is 70.5 Å². The first-order valence-electron chi connectivity index (χ1n) is 10.5. The molecule has 2 N–H and O–H groups in total. The van der Waals surface area contributed by atoms with Crippen molar-refractivity contribution in [1.29, 1.82) is 0 Å². The van der Waals surface area contributed by atoms with Gasteiger partial charge < -0.3 is 19.9 Å². The quantitative estimate of drug-likeness (QED) is 0.398. The number of hydrogen-bond donors (Lipinski definition) is 2. The second-order valence-corrected chi connectivity index (χ2v) is 7.99. The largest absolute Gasteiger partial charge is 0.481 e. The van der Waals surface area contributed by atoms with Crippen LogP contribution >= 0.6 is 11.6 Å². The Morgan fingerprint density at radius 3 is 2.37 bits per heavy atom. The number of halogens is 1. The zero-order valence-corrected chi connectivity index (χ0v) is 18.0. The number of hydrogen-bond acceptors (Lipinski definition) is 5. The summed E-state index contributed by atoms with van der Waals surface area (Å²) in [5.74, 6) is -2.20. The molecule has 1 amide bonds. The third kappa shape index (κ3) is 7.86. The van der Waals surface area contributed by atoms with Gasteiger partial charge in [0, 0.05) is 18.0 Å². The number of alkyl carbamates (subject to hydrolysis) is 1. The molecular weight excluding hydrogens is 410 g/mol. The van der Waals surface area contributed by atoms with E-state index in [0.29, 0.717) is 23.4 Å². The molecule has 1 aromatic rings. The van der Waals surface area contributed by atoms with Gasteiger partial charge in [-0.15, -0.1) is 0 Å². The molecule has 0 aliphatic heterocycles. The van der Waals surface area contributed by atoms with Crippen LogP contribution in [0.3, 0.4) is 0 Å². The number of carbonyl (C=O) groups excluding carboxylic acids is 2. The van der Waals surface area contributed by atoms with Crippen molar-refractivity contribution in [1.82, 2.24) is 5.32 Å². The Morgan fingerprint density at radius 1 is 1.10 bits per heavy atom. The van der Waals surface area contributed by atoms with Crippen molar-refractivity contribution in [3.63, 3.8) is 0 Å². The highest BCUT2D eigenvalue weighted by atomic mass is 35.5. The summed E-state index contributed by atoms with van der Waals surface area (Å²) in [6, 6.07) is 6.57. The maximum absolute atomic E-state index is 12.3. The highest BCUT2D eigenvalue weighted by Crippen LogP contribution is 2.26. The van der Waals surface area contributed by atoms with Crippen molar-refractivity contribution >= 4 is 29.6 Å². The van der Waals surface area contributed by atoms with Crippen LogP contribution in [-0.4, -0.2) is 36.0 Å². The van der Waals surface area contributed by atoms with E-state index in [2.05, 4.69) is 5.32 Å². The fourth-order valence-corrected chi connectivity index (χ4v) is 3.68. The Kier molecular flexibility index (Phi) is 9.94. The van der Waals surface area contributed by atoms with E-state index in [-0.39, 0.29) is 24.9 Å². The maximum Gasteiger partial charge on any atom is 0.410 e. The zero-order valence-electron chi connectivity index (χ0n) is 17.3. The lowest BCUT2D eigenvalue weighted by atomic mass is 9.89. The van der Waals surface area contributed by atoms with E-state index in [0.717, 1.165) is 32.1 Å². The van der Waals surface area contributed by atoms with Crippen molar-refractivity contribution in [3.05, 3.63) is 34.9 Å². The van der Waals surface area contributed by atoms with Gasteiger partial charge >= 0.3 is 18.0 Å². The van der Waals surface area contributed by atoms with Crippen LogP contribution in [0.25, 0.3) is 0 Å². The van der Waals surface area contributed by atoms with E-state index < -0.39 is 24.3 Å². The second-order valence-electron chi connectivity index (χ2n) is 7.55. The summed E-state index contributed by atoms with van der Waals surface area (Å²) in [7, 11) is 0. The minimum Gasteiger partial charge on any atom is -0.481 e. The molecule has 0 aromatic heterocycles. The molecule has 0 spiro atoms. The molecule has 8 heteroatoms. The number of nitrogens with one attached hydrogen (secondary N) is 1. The summed E-state index contributed by atoms with van der Waals surface area (Å²) in [5, 5.41) is 12.5. The summed E-state index contributed by atoms with van der Waals surface area (Å²) in [5.41, 5.74) is 0.604. The number of esters is 1. The average Bonchev–Trinajstić information content (AvgIpc) is 2.72. The lowest BCUT2D eigenvalue weighted by Gasteiger charge is -2.24. The molecule has 0 heterocycles. The van der Waals surface area contributed by atoms with Crippen LogP contribution in [0.5, 0.6) is 0 Å². The standard InChI is InChI=1S/C22H30ClNO6/c1-2-6-19(29-21(27)16-7-4-3-5-8-16)30-22(28)24-14-13-18(20(25)26)15-9-11-17(23)12-10-15/h9-12,16,18-19H,2-8,13-14H2,1H3,(H,24,28)(H,25,26). The van der Waals surface area contributed by atoms with E-state index in [1.54, 1.807) is 24.3 Å². The highest BCUT2D eigenvalue weighted by molar-refractivity contribution is 6.30. The van der Waals surface area contributed by atoms with Crippen molar-refractivity contribution in [2.75, 3.05) is 6.54 Å². The minimum absolute atomic E-state index is 0.105. The third-order valence-electron chi connectivity index (χ3n) is 5.22. The topological polar surface area (TPSA) is 102 Å². The predicted octanol–water partition coefficient (Wildman–Crippen LogP) is 4.87. The van der Waals surface area contributed by atoms with Crippen molar-refractivity contribution in [3.8, 4) is 0 Å². The van der Waals surface area contributed by atoms with Gasteiger partial charge in [0.15, 0.2) is 0 Å². The molecule has 1 saturated carbocycles. The Bertz CT molecular complexity index is 702. The molecule has 166 valence electrons. The fourth-order valence-electron chi connectivity index (χ4n) is 3.55. The summed E-state index contributed by atoms with van der Waals surface area (Å²) in [6.07, 6.45) is 4.40. The lowest BCUT2D eigenvalue weighted by molar-refractivity contribution is -0.174. The lowest BCUT2D eigenvalue weighted by Crippen LogP contribution is -2.34. The van der Waals surface area contributed by atoms with Crippen LogP contribution in [0, 0.1) is 5.92 Å². The van der Waals surface area contributed by atoms with Gasteiger partial charge in [0.25, 0.3) is 0 Å². The molecule has 1 aliphatic rings. The van der Waals surface area contributed by atoms with E-state index in [4.69, 9.17) is 21.1 Å². The average molecular weight is 440 g/mol. The van der Waals surface area contributed by atoms with Crippen molar-refractivity contribution in [2.24, 2.45) is 5.92 Å². The molecule has 7 nitrogen and oxygen atoms in total. The van der Waals surface area contributed by atoms with Crippen LogP contribution in [0.1, 0.15) is 69.8 Å². The third-order valence-corrected chi connectivity index (χ3v) is 5.47. The van der Waals surface area contributed by atoms with Crippen LogP contribution < -0.4 is 5.32 Å². The Morgan fingerprint density at radius 2 is 1.77 bits per heavy atom. The van der Waals surface area contributed by atoms with E-state index in [9.17, 15) is 19.5 Å². The van der Waals surface area contributed by atoms with Gasteiger partial charge in [-0.05, 0) is 43.4 Å². The number of aliphatic carboxylic acids is 1. The monoisotopic (exact) mass is 439 g/mol. The molecule has 1 fully saturated rings. The molecule has 0 radical (unpaired) electrons. The van der Waals surface area contributed by atoms with Crippen LogP contribution in [0.15, 0.2) is 24.3 Å². The zero-order chi connectivity index (χ0) is 21.9. The Hall–Kier alpha value is -2.28. The second kappa shape index (κ2) is 12.4. The Balaban J connectivity index is 1.81. The molecule has 1 aromatic carbocycles. The number of rotatable bonds is 10. The Labute approximate surface area is 182 Å². The van der Waals surface area contributed by atoms with Gasteiger partial charge in [-0.25, -0.2) is 4.79 Å². The summed E-state index contributed by atoms with van der Waals surface area (Å²) in [6.45, 7) is 2.01. The maximum atomic E-state index is 12.3. The van der Waals surface area contributed by atoms with E-state index in [1.165, 1.54) is 0 Å². The van der Waals surface area contributed by atoms with E-state index in [1.807, 2.05) is 6.92 Å². The normalized spacial score (nSPS) is 16.3. The molecule has 2 unspecified atom stereocenters. The number of ether oxygens (including phenoxy) is 2. The number of benzene rings is 1. The van der Waals surface area contributed by atoms with Gasteiger partial charge in [0.1, 0.15) is 0 Å². The molecular formula is C22H30ClNO6. The van der Waals surface area contributed by atoms with E-state index >= 15 is 0 Å². The van der Waals surface area contributed by atoms with Crippen LogP contribution in [0.4, 0.5) is 4.79 Å². The highest BCUT2D eigenvalue weighted by Gasteiger charge is 2.27. The predicted molar refractivity (Wildman–Crippen MR) is 112 cm³/mol. The molecule has 1 aliphatic carbocycles. The number of carbonyl (C=O) groups is 3. The van der Waals surface area contributed by atoms with Gasteiger partial charge in [0.2, 0.25) is 6.29 Å². The van der Waals surface area contributed by atoms with Gasteiger partial charge in [0.05, 0.1) is 11.8 Å². The summed E-state index contributed by atoms with van der Waals surface area (Å²) < 4.78 is 10.7. The first kappa shape index (κ1) is 24.0. The summed E-state index contributed by atoms with van der Waals surface area (Å²) in [4.78, 5) is 36.0.